The molecule has 2 aromatic rings. The number of aryl methyl sites for hydroxylation is 1. The molecule has 0 atom stereocenters. The molecule has 10 heteroatoms. The topological polar surface area (TPSA) is 95.4 Å². The van der Waals surface area contributed by atoms with Crippen LogP contribution in [0.4, 0.5) is 8.78 Å². The molecule has 1 saturated heterocycles. The monoisotopic (exact) mass is 371 g/mol. The van der Waals surface area contributed by atoms with Crippen molar-refractivity contribution in [2.75, 3.05) is 19.6 Å². The minimum Gasteiger partial charge on any atom is -0.383 e. The zero-order valence-electron chi connectivity index (χ0n) is 13.2. The Morgan fingerprint density at radius 2 is 2.20 bits per heavy atom. The molecule has 134 valence electrons. The van der Waals surface area contributed by atoms with Crippen molar-refractivity contribution in [1.82, 2.24) is 15.4 Å². The van der Waals surface area contributed by atoms with Crippen LogP contribution in [0, 0.1) is 12.8 Å². The summed E-state index contributed by atoms with van der Waals surface area (Å²) in [6.07, 6.45) is -2.58. The molecule has 0 saturated carbocycles. The normalized spacial score (nSPS) is 14.6. The van der Waals surface area contributed by atoms with Gasteiger partial charge in [0.15, 0.2) is 0 Å². The van der Waals surface area contributed by atoms with Crippen LogP contribution in [0.25, 0.3) is 0 Å². The van der Waals surface area contributed by atoms with E-state index >= 15 is 0 Å². The Morgan fingerprint density at radius 3 is 2.76 bits per heavy atom. The van der Waals surface area contributed by atoms with Crippen LogP contribution in [-0.2, 0) is 0 Å². The molecule has 0 aromatic carbocycles. The van der Waals surface area contributed by atoms with Gasteiger partial charge in [-0.2, -0.15) is 5.16 Å². The number of alkyl halides is 2. The maximum Gasteiger partial charge on any atom is 0.293 e. The van der Waals surface area contributed by atoms with Crippen molar-refractivity contribution < 1.29 is 22.9 Å². The van der Waals surface area contributed by atoms with Crippen LogP contribution < -0.4 is 10.9 Å². The fourth-order valence-electron chi connectivity index (χ4n) is 2.60. The highest BCUT2D eigenvalue weighted by molar-refractivity contribution is 7.10. The fourth-order valence-corrected chi connectivity index (χ4v) is 3.33. The SMILES string of the molecule is Cc1o[nH]c(=O)c1C(=O)NCC1CN(C(=O)c2csc(C(F)F)c2)C1. The van der Waals surface area contributed by atoms with Crippen molar-refractivity contribution in [3.05, 3.63) is 43.6 Å². The van der Waals surface area contributed by atoms with E-state index in [0.717, 1.165) is 11.3 Å². The van der Waals surface area contributed by atoms with Gasteiger partial charge in [0.1, 0.15) is 11.3 Å². The van der Waals surface area contributed by atoms with E-state index in [1.165, 1.54) is 23.3 Å². The molecular weight excluding hydrogens is 356 g/mol. The van der Waals surface area contributed by atoms with Crippen molar-refractivity contribution in [2.45, 2.75) is 13.3 Å². The summed E-state index contributed by atoms with van der Waals surface area (Å²) >= 11 is 0.858. The summed E-state index contributed by atoms with van der Waals surface area (Å²) in [7, 11) is 0. The number of nitrogens with one attached hydrogen (secondary N) is 2. The number of carbonyl (C=O) groups excluding carboxylic acids is 2. The number of halogens is 2. The van der Waals surface area contributed by atoms with Gasteiger partial charge in [-0.25, -0.2) is 8.78 Å². The second-order valence-electron chi connectivity index (χ2n) is 5.79. The second kappa shape index (κ2) is 6.79. The Bertz CT molecular complexity index is 851. The van der Waals surface area contributed by atoms with Crippen molar-refractivity contribution in [3.63, 3.8) is 0 Å². The van der Waals surface area contributed by atoms with Crippen LogP contribution in [0.3, 0.4) is 0 Å². The highest BCUT2D eigenvalue weighted by Gasteiger charge is 2.32. The lowest BCUT2D eigenvalue weighted by Gasteiger charge is -2.39. The smallest absolute Gasteiger partial charge is 0.293 e. The van der Waals surface area contributed by atoms with Gasteiger partial charge in [0.25, 0.3) is 23.8 Å². The first-order valence-electron chi connectivity index (χ1n) is 7.49. The number of H-pyrrole nitrogens is 1. The van der Waals surface area contributed by atoms with E-state index in [1.54, 1.807) is 0 Å². The van der Waals surface area contributed by atoms with Gasteiger partial charge in [0.05, 0.1) is 10.4 Å². The van der Waals surface area contributed by atoms with Crippen molar-refractivity contribution >= 4 is 23.2 Å². The molecule has 0 aliphatic carbocycles. The number of carbonyl (C=O) groups is 2. The van der Waals surface area contributed by atoms with Gasteiger partial charge in [-0.1, -0.05) is 0 Å². The molecule has 2 aromatic heterocycles. The lowest BCUT2D eigenvalue weighted by molar-refractivity contribution is 0.0498. The third kappa shape index (κ3) is 3.48. The number of thiophene rings is 1. The molecule has 0 bridgehead atoms. The number of likely N-dealkylation sites (tertiary alicyclic amines) is 1. The van der Waals surface area contributed by atoms with E-state index in [-0.39, 0.29) is 33.6 Å². The summed E-state index contributed by atoms with van der Waals surface area (Å²) in [4.78, 5) is 37.0. The predicted octanol–water partition coefficient (Wildman–Crippen LogP) is 1.78. The Labute approximate surface area is 144 Å². The number of aromatic nitrogens is 1. The van der Waals surface area contributed by atoms with E-state index in [9.17, 15) is 23.2 Å². The minimum absolute atomic E-state index is 0.0485. The molecule has 0 unspecified atom stereocenters. The number of hydrogen-bond donors (Lipinski definition) is 2. The first-order chi connectivity index (χ1) is 11.9. The first kappa shape index (κ1) is 17.3. The summed E-state index contributed by atoms with van der Waals surface area (Å²) in [5.41, 5.74) is -0.402. The molecular formula is C15H15F2N3O4S. The van der Waals surface area contributed by atoms with Gasteiger partial charge in [-0.15, -0.1) is 11.3 Å². The van der Waals surface area contributed by atoms with E-state index in [0.29, 0.717) is 19.6 Å². The van der Waals surface area contributed by atoms with Gasteiger partial charge < -0.3 is 14.7 Å². The zero-order valence-corrected chi connectivity index (χ0v) is 14.0. The largest absolute Gasteiger partial charge is 0.383 e. The highest BCUT2D eigenvalue weighted by Crippen LogP contribution is 2.28. The quantitative estimate of drug-likeness (QED) is 0.837. The molecule has 2 N–H and O–H groups in total. The third-order valence-electron chi connectivity index (χ3n) is 3.98. The van der Waals surface area contributed by atoms with E-state index in [4.69, 9.17) is 4.52 Å². The summed E-state index contributed by atoms with van der Waals surface area (Å²) < 4.78 is 29.9. The molecule has 3 heterocycles. The molecule has 1 aliphatic rings. The fraction of sp³-hybridized carbons (Fsp3) is 0.400. The van der Waals surface area contributed by atoms with Crippen LogP contribution in [-0.4, -0.2) is 41.5 Å². The number of aromatic amines is 1. The highest BCUT2D eigenvalue weighted by atomic mass is 32.1. The molecule has 3 rings (SSSR count). The second-order valence-corrected chi connectivity index (χ2v) is 6.73. The van der Waals surface area contributed by atoms with Crippen LogP contribution >= 0.6 is 11.3 Å². The molecule has 25 heavy (non-hydrogen) atoms. The maximum absolute atomic E-state index is 12.6. The standard InChI is InChI=1S/C15H15F2N3O4S/c1-7-11(14(22)19-24-7)13(21)18-3-8-4-20(5-8)15(23)9-2-10(12(16)17)25-6-9/h2,6,8,12H,3-5H2,1H3,(H,18,21)(H,19,22). The first-order valence-corrected chi connectivity index (χ1v) is 8.37. The lowest BCUT2D eigenvalue weighted by atomic mass is 9.99. The summed E-state index contributed by atoms with van der Waals surface area (Å²) in [6.45, 7) is 2.64. The Morgan fingerprint density at radius 1 is 1.48 bits per heavy atom. The number of hydrogen-bond acceptors (Lipinski definition) is 5. The molecule has 2 amide bonds. The van der Waals surface area contributed by atoms with Crippen LogP contribution in [0.2, 0.25) is 0 Å². The Kier molecular flexibility index (Phi) is 4.71. The summed E-state index contributed by atoms with van der Waals surface area (Å²) in [5, 5.41) is 6.14. The third-order valence-corrected chi connectivity index (χ3v) is 4.92. The summed E-state index contributed by atoms with van der Waals surface area (Å²) in [6, 6.07) is 1.21. The van der Waals surface area contributed by atoms with Crippen molar-refractivity contribution in [3.8, 4) is 0 Å². The number of rotatable bonds is 5. The molecule has 1 fully saturated rings. The van der Waals surface area contributed by atoms with Gasteiger partial charge in [-0.05, 0) is 13.0 Å². The zero-order chi connectivity index (χ0) is 18.1. The van der Waals surface area contributed by atoms with Crippen LogP contribution in [0.5, 0.6) is 0 Å². The molecule has 0 radical (unpaired) electrons. The van der Waals surface area contributed by atoms with Crippen LogP contribution in [0.1, 0.15) is 37.8 Å². The predicted molar refractivity (Wildman–Crippen MR) is 85.1 cm³/mol. The van der Waals surface area contributed by atoms with Crippen molar-refractivity contribution in [2.24, 2.45) is 5.92 Å². The van der Waals surface area contributed by atoms with Gasteiger partial charge in [0, 0.05) is 30.9 Å². The number of nitrogens with zero attached hydrogens (tertiary/aromatic N) is 1. The average molecular weight is 371 g/mol. The van der Waals surface area contributed by atoms with Gasteiger partial charge in [0.2, 0.25) is 0 Å². The maximum atomic E-state index is 12.6. The lowest BCUT2D eigenvalue weighted by Crippen LogP contribution is -2.53. The van der Waals surface area contributed by atoms with Crippen LogP contribution in [0.15, 0.2) is 20.8 Å². The molecule has 0 spiro atoms. The average Bonchev–Trinajstić information content (AvgIpc) is 3.12. The summed E-state index contributed by atoms with van der Waals surface area (Å²) in [5.74, 6) is -0.572. The van der Waals surface area contributed by atoms with Gasteiger partial charge in [-0.3, -0.25) is 14.4 Å². The van der Waals surface area contributed by atoms with Crippen molar-refractivity contribution in [1.29, 1.82) is 0 Å². The van der Waals surface area contributed by atoms with E-state index in [1.807, 2.05) is 0 Å². The van der Waals surface area contributed by atoms with E-state index < -0.39 is 17.9 Å². The number of amides is 2. The van der Waals surface area contributed by atoms with E-state index in [2.05, 4.69) is 10.5 Å². The Balaban J connectivity index is 1.48. The minimum atomic E-state index is -2.58. The Hall–Kier alpha value is -2.49. The molecule has 7 nitrogen and oxygen atoms in total. The molecule has 1 aliphatic heterocycles. The van der Waals surface area contributed by atoms with Gasteiger partial charge >= 0.3 is 0 Å².